The van der Waals surface area contributed by atoms with Crippen LogP contribution in [0.15, 0.2) is 36.7 Å². The number of fused-ring (bicyclic) bond motifs is 1. The third-order valence-corrected chi connectivity index (χ3v) is 4.87. The Hall–Kier alpha value is -2.83. The average Bonchev–Trinajstić information content (AvgIpc) is 3.15. The van der Waals surface area contributed by atoms with Crippen molar-refractivity contribution in [1.29, 1.82) is 0 Å². The third-order valence-electron chi connectivity index (χ3n) is 4.87. The number of methoxy groups -OCH3 is 1. The normalized spacial score (nSPS) is 15.4. The Morgan fingerprint density at radius 3 is 2.58 bits per heavy atom. The van der Waals surface area contributed by atoms with Gasteiger partial charge in [0.15, 0.2) is 0 Å². The highest BCUT2D eigenvalue weighted by Gasteiger charge is 2.22. The lowest BCUT2D eigenvalue weighted by Gasteiger charge is -2.33. The predicted octanol–water partition coefficient (Wildman–Crippen LogP) is 2.74. The van der Waals surface area contributed by atoms with Crippen LogP contribution in [0, 0.1) is 12.8 Å². The van der Waals surface area contributed by atoms with Crippen molar-refractivity contribution in [2.45, 2.75) is 19.8 Å². The maximum Gasteiger partial charge on any atom is 0.200 e. The number of nitrogens with zero attached hydrogens (tertiary/aromatic N) is 5. The lowest BCUT2D eigenvalue weighted by atomic mass is 9.97. The van der Waals surface area contributed by atoms with E-state index in [2.05, 4.69) is 26.3 Å². The van der Waals surface area contributed by atoms with Crippen LogP contribution in [-0.2, 0) is 0 Å². The van der Waals surface area contributed by atoms with Crippen LogP contribution in [0.1, 0.15) is 18.5 Å². The number of piperidine rings is 1. The highest BCUT2D eigenvalue weighted by Crippen LogP contribution is 2.27. The quantitative estimate of drug-likeness (QED) is 0.703. The molecule has 2 aromatic heterocycles. The first-order valence-electron chi connectivity index (χ1n) is 8.92. The molecule has 7 heteroatoms. The van der Waals surface area contributed by atoms with Gasteiger partial charge in [0, 0.05) is 13.1 Å². The average molecular weight is 353 g/mol. The minimum absolute atomic E-state index is 0.560. The Balaban J connectivity index is 1.35. The van der Waals surface area contributed by atoms with Crippen LogP contribution in [0.25, 0.3) is 5.65 Å². The second-order valence-electron chi connectivity index (χ2n) is 6.69. The number of aryl methyl sites for hydroxylation is 1. The largest absolute Gasteiger partial charge is 0.497 e. The smallest absolute Gasteiger partial charge is 0.200 e. The molecule has 1 saturated heterocycles. The van der Waals surface area contributed by atoms with Gasteiger partial charge in [-0.2, -0.15) is 9.61 Å². The molecule has 4 rings (SSSR count). The molecule has 0 amide bonds. The summed E-state index contributed by atoms with van der Waals surface area (Å²) in [5, 5.41) is 12.6. The predicted molar refractivity (Wildman–Crippen MR) is 98.9 cm³/mol. The first-order chi connectivity index (χ1) is 12.7. The van der Waals surface area contributed by atoms with Crippen LogP contribution in [0.4, 0.5) is 5.69 Å². The van der Waals surface area contributed by atoms with E-state index in [1.165, 1.54) is 0 Å². The minimum Gasteiger partial charge on any atom is -0.497 e. The van der Waals surface area contributed by atoms with Crippen molar-refractivity contribution >= 4 is 11.3 Å². The molecule has 3 heterocycles. The molecule has 0 unspecified atom stereocenters. The minimum atomic E-state index is 0.560. The molecule has 0 aliphatic carbocycles. The molecule has 1 fully saturated rings. The van der Waals surface area contributed by atoms with Crippen molar-refractivity contribution < 1.29 is 9.47 Å². The zero-order chi connectivity index (χ0) is 17.9. The van der Waals surface area contributed by atoms with E-state index >= 15 is 0 Å². The number of hydrogen-bond donors (Lipinski definition) is 0. The number of ether oxygens (including phenoxy) is 2. The van der Waals surface area contributed by atoms with Gasteiger partial charge in [-0.15, -0.1) is 10.2 Å². The maximum absolute atomic E-state index is 5.95. The molecule has 136 valence electrons. The molecular weight excluding hydrogens is 330 g/mol. The van der Waals surface area contributed by atoms with Crippen LogP contribution in [-0.4, -0.2) is 46.6 Å². The molecule has 1 aliphatic rings. The maximum atomic E-state index is 5.95. The van der Waals surface area contributed by atoms with Gasteiger partial charge in [-0.1, -0.05) is 0 Å². The molecular formula is C19H23N5O2. The number of hydrogen-bond acceptors (Lipinski definition) is 6. The summed E-state index contributed by atoms with van der Waals surface area (Å²) in [6, 6.07) is 9.85. The fourth-order valence-corrected chi connectivity index (χ4v) is 3.39. The summed E-state index contributed by atoms with van der Waals surface area (Å²) < 4.78 is 12.9. The third kappa shape index (κ3) is 3.42. The second-order valence-corrected chi connectivity index (χ2v) is 6.69. The molecule has 0 radical (unpaired) electrons. The van der Waals surface area contributed by atoms with Gasteiger partial charge in [0.25, 0.3) is 0 Å². The second kappa shape index (κ2) is 7.19. The molecule has 0 spiro atoms. The Kier molecular flexibility index (Phi) is 4.60. The monoisotopic (exact) mass is 353 g/mol. The Bertz CT molecular complexity index is 869. The fourth-order valence-electron chi connectivity index (χ4n) is 3.39. The SMILES string of the molecule is COc1ccc(OCC2CCN(c3cc(C)nn4cnnc34)CC2)cc1. The Labute approximate surface area is 152 Å². The van der Waals surface area contributed by atoms with Gasteiger partial charge in [0.05, 0.1) is 25.1 Å². The molecule has 7 nitrogen and oxygen atoms in total. The highest BCUT2D eigenvalue weighted by atomic mass is 16.5. The zero-order valence-electron chi connectivity index (χ0n) is 15.1. The van der Waals surface area contributed by atoms with Gasteiger partial charge < -0.3 is 14.4 Å². The van der Waals surface area contributed by atoms with Crippen molar-refractivity contribution in [2.75, 3.05) is 31.7 Å². The van der Waals surface area contributed by atoms with E-state index in [0.717, 1.165) is 61.1 Å². The standard InChI is InChI=1S/C19H23N5O2/c1-14-11-18(19-21-20-13-24(19)22-14)23-9-7-15(8-10-23)12-26-17-5-3-16(25-2)4-6-17/h3-6,11,13,15H,7-10,12H2,1-2H3. The van der Waals surface area contributed by atoms with Gasteiger partial charge in [-0.05, 0) is 56.0 Å². The van der Waals surface area contributed by atoms with Crippen LogP contribution in [0.5, 0.6) is 11.5 Å². The van der Waals surface area contributed by atoms with Crippen LogP contribution >= 0.6 is 0 Å². The van der Waals surface area contributed by atoms with E-state index < -0.39 is 0 Å². The molecule has 0 saturated carbocycles. The van der Waals surface area contributed by atoms with E-state index in [1.807, 2.05) is 31.2 Å². The van der Waals surface area contributed by atoms with Crippen molar-refractivity contribution in [3.63, 3.8) is 0 Å². The number of anilines is 1. The van der Waals surface area contributed by atoms with Crippen molar-refractivity contribution in [3.05, 3.63) is 42.4 Å². The molecule has 0 atom stereocenters. The lowest BCUT2D eigenvalue weighted by Crippen LogP contribution is -2.36. The van der Waals surface area contributed by atoms with E-state index in [0.29, 0.717) is 5.92 Å². The summed E-state index contributed by atoms with van der Waals surface area (Å²) in [7, 11) is 1.67. The highest BCUT2D eigenvalue weighted by molar-refractivity contribution is 5.68. The van der Waals surface area contributed by atoms with Gasteiger partial charge >= 0.3 is 0 Å². The van der Waals surface area contributed by atoms with Gasteiger partial charge in [-0.3, -0.25) is 0 Å². The van der Waals surface area contributed by atoms with Crippen molar-refractivity contribution in [3.8, 4) is 11.5 Å². The number of aromatic nitrogens is 4. The molecule has 0 bridgehead atoms. The Morgan fingerprint density at radius 1 is 1.12 bits per heavy atom. The first kappa shape index (κ1) is 16.6. The Morgan fingerprint density at radius 2 is 1.85 bits per heavy atom. The lowest BCUT2D eigenvalue weighted by molar-refractivity contribution is 0.222. The summed E-state index contributed by atoms with van der Waals surface area (Å²) in [5.41, 5.74) is 2.91. The van der Waals surface area contributed by atoms with E-state index in [1.54, 1.807) is 18.0 Å². The van der Waals surface area contributed by atoms with E-state index in [9.17, 15) is 0 Å². The number of rotatable bonds is 5. The summed E-state index contributed by atoms with van der Waals surface area (Å²) in [4.78, 5) is 2.38. The zero-order valence-corrected chi connectivity index (χ0v) is 15.1. The molecule has 26 heavy (non-hydrogen) atoms. The molecule has 0 N–H and O–H groups in total. The summed E-state index contributed by atoms with van der Waals surface area (Å²) in [6.45, 7) is 4.72. The van der Waals surface area contributed by atoms with Crippen molar-refractivity contribution in [2.24, 2.45) is 5.92 Å². The number of benzene rings is 1. The summed E-state index contributed by atoms with van der Waals surface area (Å²) >= 11 is 0. The topological polar surface area (TPSA) is 64.8 Å². The van der Waals surface area contributed by atoms with Gasteiger partial charge in [0.1, 0.15) is 17.8 Å². The molecule has 1 aliphatic heterocycles. The first-order valence-corrected chi connectivity index (χ1v) is 8.92. The van der Waals surface area contributed by atoms with Crippen molar-refractivity contribution in [1.82, 2.24) is 19.8 Å². The molecule has 1 aromatic carbocycles. The van der Waals surface area contributed by atoms with Crippen LogP contribution < -0.4 is 14.4 Å². The van der Waals surface area contributed by atoms with Crippen LogP contribution in [0.3, 0.4) is 0 Å². The molecule has 3 aromatic rings. The van der Waals surface area contributed by atoms with Gasteiger partial charge in [-0.25, -0.2) is 0 Å². The summed E-state index contributed by atoms with van der Waals surface area (Å²) in [5.74, 6) is 2.30. The van der Waals surface area contributed by atoms with Crippen LogP contribution in [0.2, 0.25) is 0 Å². The van der Waals surface area contributed by atoms with Gasteiger partial charge in [0.2, 0.25) is 5.65 Å². The van der Waals surface area contributed by atoms with E-state index in [-0.39, 0.29) is 0 Å². The van der Waals surface area contributed by atoms with E-state index in [4.69, 9.17) is 9.47 Å². The fraction of sp³-hybridized carbons (Fsp3) is 0.421. The summed E-state index contributed by atoms with van der Waals surface area (Å²) in [6.07, 6.45) is 3.84.